The highest BCUT2D eigenvalue weighted by Crippen LogP contribution is 2.16. The summed E-state index contributed by atoms with van der Waals surface area (Å²) in [5, 5.41) is 15.5. The molecule has 1 aromatic rings. The Bertz CT molecular complexity index is 581. The molecule has 1 rings (SSSR count). The topological polar surface area (TPSA) is 110 Å². The van der Waals surface area contributed by atoms with Crippen LogP contribution in [-0.4, -0.2) is 58.5 Å². The minimum atomic E-state index is -0.709. The Hall–Kier alpha value is -2.63. The zero-order valence-corrected chi connectivity index (χ0v) is 14.5. The number of nitriles is 1. The molecule has 2 N–H and O–H groups in total. The molecule has 0 aliphatic rings. The highest BCUT2D eigenvalue weighted by molar-refractivity contribution is 5.84. The molecular weight excluding hydrogens is 296 g/mol. The van der Waals surface area contributed by atoms with Gasteiger partial charge in [-0.2, -0.15) is 20.2 Å². The number of likely N-dealkylation sites (N-methyl/N-ethyl adjacent to an activating group) is 1. The van der Waals surface area contributed by atoms with Gasteiger partial charge in [-0.25, -0.2) is 4.90 Å². The normalized spacial score (nSPS) is 11.6. The first-order valence-electron chi connectivity index (χ1n) is 7.46. The SMILES string of the molecule is CCNc1nc(NC(C)C)nc(N(C#N)[C@@H](C)C(=O)N(C)C)n1. The van der Waals surface area contributed by atoms with Crippen molar-refractivity contribution in [3.05, 3.63) is 0 Å². The molecule has 0 saturated carbocycles. The molecule has 1 aromatic heterocycles. The lowest BCUT2D eigenvalue weighted by Gasteiger charge is -2.24. The van der Waals surface area contributed by atoms with E-state index in [1.54, 1.807) is 21.0 Å². The monoisotopic (exact) mass is 320 g/mol. The van der Waals surface area contributed by atoms with Crippen molar-refractivity contribution >= 4 is 23.8 Å². The number of nitrogens with zero attached hydrogens (tertiary/aromatic N) is 6. The van der Waals surface area contributed by atoms with Crippen LogP contribution in [0.25, 0.3) is 0 Å². The van der Waals surface area contributed by atoms with Crippen LogP contribution in [0.2, 0.25) is 0 Å². The molecule has 9 heteroatoms. The number of nitrogens with one attached hydrogen (secondary N) is 2. The fourth-order valence-corrected chi connectivity index (χ4v) is 1.82. The summed E-state index contributed by atoms with van der Waals surface area (Å²) < 4.78 is 0. The lowest BCUT2D eigenvalue weighted by Crippen LogP contribution is -2.43. The molecule has 0 saturated heterocycles. The number of hydrogen-bond acceptors (Lipinski definition) is 8. The maximum atomic E-state index is 12.1. The van der Waals surface area contributed by atoms with Crippen molar-refractivity contribution in [1.29, 1.82) is 5.26 Å². The third-order valence-corrected chi connectivity index (χ3v) is 2.88. The van der Waals surface area contributed by atoms with E-state index < -0.39 is 6.04 Å². The Morgan fingerprint density at radius 1 is 1.22 bits per heavy atom. The molecule has 0 unspecified atom stereocenters. The predicted molar refractivity (Wildman–Crippen MR) is 89.0 cm³/mol. The van der Waals surface area contributed by atoms with Gasteiger partial charge in [0.05, 0.1) is 0 Å². The van der Waals surface area contributed by atoms with Gasteiger partial charge in [0.15, 0.2) is 6.19 Å². The van der Waals surface area contributed by atoms with Crippen molar-refractivity contribution < 1.29 is 4.79 Å². The van der Waals surface area contributed by atoms with Crippen molar-refractivity contribution in [1.82, 2.24) is 19.9 Å². The third kappa shape index (κ3) is 4.95. The van der Waals surface area contributed by atoms with Crippen molar-refractivity contribution in [2.75, 3.05) is 36.2 Å². The van der Waals surface area contributed by atoms with E-state index >= 15 is 0 Å². The number of anilines is 3. The van der Waals surface area contributed by atoms with Gasteiger partial charge >= 0.3 is 0 Å². The van der Waals surface area contributed by atoms with Gasteiger partial charge in [0.1, 0.15) is 6.04 Å². The highest BCUT2D eigenvalue weighted by atomic mass is 16.2. The van der Waals surface area contributed by atoms with Crippen LogP contribution < -0.4 is 15.5 Å². The van der Waals surface area contributed by atoms with Gasteiger partial charge in [0.2, 0.25) is 23.8 Å². The summed E-state index contributed by atoms with van der Waals surface area (Å²) in [5.41, 5.74) is 0. The quantitative estimate of drug-likeness (QED) is 0.563. The van der Waals surface area contributed by atoms with E-state index in [9.17, 15) is 10.1 Å². The maximum absolute atomic E-state index is 12.1. The Balaban J connectivity index is 3.23. The number of carbonyl (C=O) groups is 1. The van der Waals surface area contributed by atoms with Gasteiger partial charge in [-0.1, -0.05) is 0 Å². The molecule has 0 bridgehead atoms. The zero-order valence-electron chi connectivity index (χ0n) is 14.5. The molecule has 9 nitrogen and oxygen atoms in total. The maximum Gasteiger partial charge on any atom is 0.246 e. The predicted octanol–water partition coefficient (Wildman–Crippen LogP) is 0.888. The van der Waals surface area contributed by atoms with Gasteiger partial charge in [-0.05, 0) is 27.7 Å². The standard InChI is InChI=1S/C14H24N8O/c1-7-16-12-18-13(17-9(2)3)20-14(19-12)22(8-15)10(4)11(23)21(5)6/h9-10H,7H2,1-6H3,(H2,16,17,18,19,20)/t10-/m0/s1. The smallest absolute Gasteiger partial charge is 0.246 e. The Morgan fingerprint density at radius 2 is 1.83 bits per heavy atom. The minimum Gasteiger partial charge on any atom is -0.354 e. The second kappa shape index (κ2) is 8.12. The van der Waals surface area contributed by atoms with Crippen LogP contribution >= 0.6 is 0 Å². The van der Waals surface area contributed by atoms with Crippen LogP contribution in [0, 0.1) is 11.5 Å². The molecular formula is C14H24N8O. The molecule has 0 radical (unpaired) electrons. The molecule has 1 amide bonds. The first kappa shape index (κ1) is 18.4. The van der Waals surface area contributed by atoms with Crippen molar-refractivity contribution in [2.24, 2.45) is 0 Å². The van der Waals surface area contributed by atoms with E-state index in [0.29, 0.717) is 18.4 Å². The second-order valence-electron chi connectivity index (χ2n) is 5.49. The van der Waals surface area contributed by atoms with Crippen LogP contribution in [0.15, 0.2) is 0 Å². The van der Waals surface area contributed by atoms with Crippen LogP contribution in [0.1, 0.15) is 27.7 Å². The number of aromatic nitrogens is 3. The molecule has 0 fully saturated rings. The van der Waals surface area contributed by atoms with Crippen LogP contribution in [-0.2, 0) is 4.79 Å². The molecule has 126 valence electrons. The molecule has 1 atom stereocenters. The van der Waals surface area contributed by atoms with Gasteiger partial charge in [-0.3, -0.25) is 4.79 Å². The fraction of sp³-hybridized carbons (Fsp3) is 0.643. The van der Waals surface area contributed by atoms with Gasteiger partial charge in [-0.15, -0.1) is 0 Å². The summed E-state index contributed by atoms with van der Waals surface area (Å²) >= 11 is 0. The molecule has 0 spiro atoms. The number of rotatable bonds is 7. The summed E-state index contributed by atoms with van der Waals surface area (Å²) in [6.07, 6.45) is 1.98. The summed E-state index contributed by atoms with van der Waals surface area (Å²) in [5.74, 6) is 0.621. The average molecular weight is 320 g/mol. The summed E-state index contributed by atoms with van der Waals surface area (Å²) in [6, 6.07) is -0.588. The number of carbonyl (C=O) groups excluding carboxylic acids is 1. The van der Waals surface area contributed by atoms with E-state index in [0.717, 1.165) is 0 Å². The molecule has 0 aliphatic carbocycles. The largest absolute Gasteiger partial charge is 0.354 e. The van der Waals surface area contributed by atoms with Crippen LogP contribution in [0.3, 0.4) is 0 Å². The lowest BCUT2D eigenvalue weighted by atomic mass is 10.3. The Morgan fingerprint density at radius 3 is 2.30 bits per heavy atom. The van der Waals surface area contributed by atoms with E-state index in [-0.39, 0.29) is 17.9 Å². The third-order valence-electron chi connectivity index (χ3n) is 2.88. The molecule has 0 aliphatic heterocycles. The molecule has 0 aromatic carbocycles. The lowest BCUT2D eigenvalue weighted by molar-refractivity contribution is -0.129. The van der Waals surface area contributed by atoms with Crippen LogP contribution in [0.4, 0.5) is 17.8 Å². The van der Waals surface area contributed by atoms with Crippen molar-refractivity contribution in [2.45, 2.75) is 39.8 Å². The summed E-state index contributed by atoms with van der Waals surface area (Å²) in [7, 11) is 3.27. The van der Waals surface area contributed by atoms with E-state index in [2.05, 4.69) is 25.6 Å². The first-order chi connectivity index (χ1) is 10.8. The van der Waals surface area contributed by atoms with Crippen molar-refractivity contribution in [3.63, 3.8) is 0 Å². The summed E-state index contributed by atoms with van der Waals surface area (Å²) in [4.78, 5) is 27.4. The van der Waals surface area contributed by atoms with Gasteiger partial charge in [0, 0.05) is 26.7 Å². The van der Waals surface area contributed by atoms with E-state index in [1.165, 1.54) is 9.80 Å². The van der Waals surface area contributed by atoms with Crippen molar-refractivity contribution in [3.8, 4) is 6.19 Å². The van der Waals surface area contributed by atoms with Crippen LogP contribution in [0.5, 0.6) is 0 Å². The van der Waals surface area contributed by atoms with Gasteiger partial charge < -0.3 is 15.5 Å². The minimum absolute atomic E-state index is 0.121. The zero-order chi connectivity index (χ0) is 17.6. The van der Waals surface area contributed by atoms with E-state index in [1.807, 2.05) is 27.0 Å². The fourth-order valence-electron chi connectivity index (χ4n) is 1.82. The molecule has 1 heterocycles. The molecule has 23 heavy (non-hydrogen) atoms. The second-order valence-corrected chi connectivity index (χ2v) is 5.49. The average Bonchev–Trinajstić information content (AvgIpc) is 2.46. The highest BCUT2D eigenvalue weighted by Gasteiger charge is 2.26. The first-order valence-corrected chi connectivity index (χ1v) is 7.46. The Labute approximate surface area is 136 Å². The number of amides is 1. The number of hydrogen-bond donors (Lipinski definition) is 2. The van der Waals surface area contributed by atoms with E-state index in [4.69, 9.17) is 0 Å². The van der Waals surface area contributed by atoms with Gasteiger partial charge in [0.25, 0.3) is 0 Å². The Kier molecular flexibility index (Phi) is 6.50. The summed E-state index contributed by atoms with van der Waals surface area (Å²) in [6.45, 7) is 8.09.